The second kappa shape index (κ2) is 4.97. The van der Waals surface area contributed by atoms with Gasteiger partial charge in [-0.3, -0.25) is 0 Å². The van der Waals surface area contributed by atoms with Crippen LogP contribution in [0.2, 0.25) is 0 Å². The SMILES string of the molecule is Cc1ccc(N(C)Cc2ccoc2C)c(C#N)c1. The lowest BCUT2D eigenvalue weighted by Gasteiger charge is -2.20. The lowest BCUT2D eigenvalue weighted by molar-refractivity contribution is 0.529. The van der Waals surface area contributed by atoms with Crippen molar-refractivity contribution in [1.82, 2.24) is 0 Å². The molecule has 0 saturated carbocycles. The highest BCUT2D eigenvalue weighted by molar-refractivity contribution is 5.60. The second-order valence-electron chi connectivity index (χ2n) is 4.49. The minimum Gasteiger partial charge on any atom is -0.469 e. The highest BCUT2D eigenvalue weighted by atomic mass is 16.3. The topological polar surface area (TPSA) is 40.2 Å². The third-order valence-corrected chi connectivity index (χ3v) is 3.06. The number of benzene rings is 1. The van der Waals surface area contributed by atoms with Gasteiger partial charge < -0.3 is 9.32 Å². The minimum absolute atomic E-state index is 0.707. The van der Waals surface area contributed by atoms with E-state index in [2.05, 4.69) is 11.0 Å². The Bertz CT molecular complexity index is 593. The van der Waals surface area contributed by atoms with Crippen molar-refractivity contribution in [1.29, 1.82) is 5.26 Å². The van der Waals surface area contributed by atoms with Gasteiger partial charge in [-0.25, -0.2) is 0 Å². The Kier molecular flexibility index (Phi) is 3.38. The zero-order valence-corrected chi connectivity index (χ0v) is 10.9. The maximum Gasteiger partial charge on any atom is 0.105 e. The molecule has 0 fully saturated rings. The van der Waals surface area contributed by atoms with Gasteiger partial charge in [0, 0.05) is 19.2 Å². The van der Waals surface area contributed by atoms with Crippen molar-refractivity contribution in [3.05, 3.63) is 53.0 Å². The van der Waals surface area contributed by atoms with Gasteiger partial charge in [0.1, 0.15) is 11.8 Å². The zero-order valence-electron chi connectivity index (χ0n) is 10.9. The Balaban J connectivity index is 2.27. The molecule has 0 radical (unpaired) electrons. The molecule has 18 heavy (non-hydrogen) atoms. The van der Waals surface area contributed by atoms with Gasteiger partial charge in [-0.2, -0.15) is 5.26 Å². The van der Waals surface area contributed by atoms with E-state index in [1.165, 1.54) is 0 Å². The number of furan rings is 1. The van der Waals surface area contributed by atoms with E-state index in [1.54, 1.807) is 6.26 Å². The highest BCUT2D eigenvalue weighted by Gasteiger charge is 2.10. The first-order valence-corrected chi connectivity index (χ1v) is 5.86. The summed E-state index contributed by atoms with van der Waals surface area (Å²) in [4.78, 5) is 2.07. The molecule has 0 spiro atoms. The molecule has 0 amide bonds. The molecule has 3 nitrogen and oxygen atoms in total. The normalized spacial score (nSPS) is 10.1. The summed E-state index contributed by atoms with van der Waals surface area (Å²) in [6.07, 6.45) is 1.69. The van der Waals surface area contributed by atoms with E-state index in [0.29, 0.717) is 5.56 Å². The lowest BCUT2D eigenvalue weighted by Crippen LogP contribution is -2.17. The van der Waals surface area contributed by atoms with E-state index in [4.69, 9.17) is 4.42 Å². The van der Waals surface area contributed by atoms with Crippen LogP contribution in [0.15, 0.2) is 34.9 Å². The fourth-order valence-electron chi connectivity index (χ4n) is 1.99. The van der Waals surface area contributed by atoms with Crippen LogP contribution in [0.5, 0.6) is 0 Å². The molecule has 3 heteroatoms. The molecule has 2 aromatic rings. The average molecular weight is 240 g/mol. The third kappa shape index (κ3) is 2.38. The summed E-state index contributed by atoms with van der Waals surface area (Å²) < 4.78 is 5.29. The first-order chi connectivity index (χ1) is 8.61. The minimum atomic E-state index is 0.707. The van der Waals surface area contributed by atoms with Crippen molar-refractivity contribution in [2.24, 2.45) is 0 Å². The van der Waals surface area contributed by atoms with Gasteiger partial charge >= 0.3 is 0 Å². The Hall–Kier alpha value is -2.21. The largest absolute Gasteiger partial charge is 0.469 e. The van der Waals surface area contributed by atoms with Crippen molar-refractivity contribution in [2.45, 2.75) is 20.4 Å². The molecule has 0 unspecified atom stereocenters. The summed E-state index contributed by atoms with van der Waals surface area (Å²) >= 11 is 0. The molecule has 92 valence electrons. The number of nitrogens with zero attached hydrogens (tertiary/aromatic N) is 2. The Morgan fingerprint density at radius 2 is 2.06 bits per heavy atom. The van der Waals surface area contributed by atoms with E-state index in [-0.39, 0.29) is 0 Å². The van der Waals surface area contributed by atoms with Gasteiger partial charge in [0.15, 0.2) is 0 Å². The van der Waals surface area contributed by atoms with E-state index in [9.17, 15) is 5.26 Å². The number of rotatable bonds is 3. The molecule has 0 bridgehead atoms. The monoisotopic (exact) mass is 240 g/mol. The van der Waals surface area contributed by atoms with Crippen LogP contribution < -0.4 is 4.90 Å². The third-order valence-electron chi connectivity index (χ3n) is 3.06. The second-order valence-corrected chi connectivity index (χ2v) is 4.49. The van der Waals surface area contributed by atoms with Crippen molar-refractivity contribution in [3.8, 4) is 6.07 Å². The molecular formula is C15H16N2O. The van der Waals surface area contributed by atoms with Gasteiger partial charge in [0.25, 0.3) is 0 Å². The van der Waals surface area contributed by atoms with Crippen LogP contribution in [0.3, 0.4) is 0 Å². The maximum atomic E-state index is 9.18. The van der Waals surface area contributed by atoms with Crippen LogP contribution >= 0.6 is 0 Å². The van der Waals surface area contributed by atoms with Gasteiger partial charge in [-0.05, 0) is 37.6 Å². The van der Waals surface area contributed by atoms with Crippen molar-refractivity contribution in [2.75, 3.05) is 11.9 Å². The Morgan fingerprint density at radius 3 is 2.67 bits per heavy atom. The summed E-state index contributed by atoms with van der Waals surface area (Å²) in [7, 11) is 1.98. The van der Waals surface area contributed by atoms with E-state index in [1.807, 2.05) is 45.2 Å². The molecular weight excluding hydrogens is 224 g/mol. The molecule has 0 aliphatic carbocycles. The quantitative estimate of drug-likeness (QED) is 0.825. The average Bonchev–Trinajstić information content (AvgIpc) is 2.74. The molecule has 0 atom stereocenters. The van der Waals surface area contributed by atoms with Crippen molar-refractivity contribution >= 4 is 5.69 Å². The standard InChI is InChI=1S/C15H16N2O/c1-11-4-5-15(14(8-11)9-16)17(3)10-13-6-7-18-12(13)2/h4-8H,10H2,1-3H3. The predicted molar refractivity (Wildman–Crippen MR) is 71.4 cm³/mol. The number of nitriles is 1. The fourth-order valence-corrected chi connectivity index (χ4v) is 1.99. The fraction of sp³-hybridized carbons (Fsp3) is 0.267. The van der Waals surface area contributed by atoms with Crippen LogP contribution in [0.1, 0.15) is 22.5 Å². The molecule has 2 rings (SSSR count). The molecule has 1 aromatic carbocycles. The van der Waals surface area contributed by atoms with Crippen molar-refractivity contribution in [3.63, 3.8) is 0 Å². The van der Waals surface area contributed by atoms with Crippen LogP contribution in [0.25, 0.3) is 0 Å². The molecule has 0 saturated heterocycles. The molecule has 0 aliphatic heterocycles. The molecule has 1 aromatic heterocycles. The number of aryl methyl sites for hydroxylation is 2. The van der Waals surface area contributed by atoms with Crippen LogP contribution in [-0.4, -0.2) is 7.05 Å². The van der Waals surface area contributed by atoms with Gasteiger partial charge in [0.2, 0.25) is 0 Å². The molecule has 0 aliphatic rings. The van der Waals surface area contributed by atoms with Gasteiger partial charge in [-0.15, -0.1) is 0 Å². The summed E-state index contributed by atoms with van der Waals surface area (Å²) in [6, 6.07) is 10.1. The summed E-state index contributed by atoms with van der Waals surface area (Å²) in [6.45, 7) is 4.68. The molecule has 1 heterocycles. The van der Waals surface area contributed by atoms with Crippen LogP contribution in [0.4, 0.5) is 5.69 Å². The van der Waals surface area contributed by atoms with Crippen molar-refractivity contribution < 1.29 is 4.42 Å². The van der Waals surface area contributed by atoms with Crippen LogP contribution in [-0.2, 0) is 6.54 Å². The summed E-state index contributed by atoms with van der Waals surface area (Å²) in [5, 5.41) is 9.18. The summed E-state index contributed by atoms with van der Waals surface area (Å²) in [5.41, 5.74) is 3.90. The Labute approximate surface area is 107 Å². The lowest BCUT2D eigenvalue weighted by atomic mass is 10.1. The number of hydrogen-bond acceptors (Lipinski definition) is 3. The Morgan fingerprint density at radius 1 is 1.28 bits per heavy atom. The maximum absolute atomic E-state index is 9.18. The zero-order chi connectivity index (χ0) is 13.1. The van der Waals surface area contributed by atoms with Gasteiger partial charge in [-0.1, -0.05) is 6.07 Å². The number of anilines is 1. The van der Waals surface area contributed by atoms with E-state index >= 15 is 0 Å². The van der Waals surface area contributed by atoms with E-state index in [0.717, 1.165) is 29.1 Å². The first kappa shape index (κ1) is 12.3. The van der Waals surface area contributed by atoms with Crippen LogP contribution in [0, 0.1) is 25.2 Å². The summed E-state index contributed by atoms with van der Waals surface area (Å²) in [5.74, 6) is 0.924. The smallest absolute Gasteiger partial charge is 0.105 e. The highest BCUT2D eigenvalue weighted by Crippen LogP contribution is 2.22. The first-order valence-electron chi connectivity index (χ1n) is 5.86. The number of hydrogen-bond donors (Lipinski definition) is 0. The van der Waals surface area contributed by atoms with E-state index < -0.39 is 0 Å². The molecule has 0 N–H and O–H groups in total. The predicted octanol–water partition coefficient (Wildman–Crippen LogP) is 3.40. The van der Waals surface area contributed by atoms with Gasteiger partial charge in [0.05, 0.1) is 17.5 Å².